The lowest BCUT2D eigenvalue weighted by Crippen LogP contribution is -2.02. The van der Waals surface area contributed by atoms with Crippen molar-refractivity contribution in [3.8, 4) is 11.5 Å². The normalized spacial score (nSPS) is 10.4. The first-order chi connectivity index (χ1) is 8.72. The van der Waals surface area contributed by atoms with Crippen molar-refractivity contribution in [1.29, 1.82) is 0 Å². The molecule has 0 saturated heterocycles. The van der Waals surface area contributed by atoms with Gasteiger partial charge in [0, 0.05) is 18.3 Å². The monoisotopic (exact) mass is 264 g/mol. The molecule has 0 saturated carbocycles. The van der Waals surface area contributed by atoms with Gasteiger partial charge in [-0.1, -0.05) is 0 Å². The number of hydrogen-bond donors (Lipinski definition) is 1. The summed E-state index contributed by atoms with van der Waals surface area (Å²) < 4.78 is 10.9. The standard InChI is InChI=1S/C13H16N2O2S/c1-9-15-7-12(18-9)8-17-13-4-3-11(16-2)5-10(13)6-14/h3-5,7H,6,8,14H2,1-2H3. The highest BCUT2D eigenvalue weighted by Crippen LogP contribution is 2.25. The Labute approximate surface area is 110 Å². The van der Waals surface area contributed by atoms with Crippen LogP contribution in [0.1, 0.15) is 15.4 Å². The first kappa shape index (κ1) is 12.9. The number of aromatic nitrogens is 1. The van der Waals surface area contributed by atoms with Crippen LogP contribution in [-0.2, 0) is 13.2 Å². The van der Waals surface area contributed by atoms with Crippen LogP contribution in [0, 0.1) is 6.92 Å². The number of nitrogens with two attached hydrogens (primary N) is 1. The van der Waals surface area contributed by atoms with Gasteiger partial charge < -0.3 is 15.2 Å². The van der Waals surface area contributed by atoms with Crippen LogP contribution in [0.5, 0.6) is 11.5 Å². The van der Waals surface area contributed by atoms with Crippen molar-refractivity contribution in [1.82, 2.24) is 4.98 Å². The number of benzene rings is 1. The zero-order valence-corrected chi connectivity index (χ0v) is 11.3. The number of methoxy groups -OCH3 is 1. The summed E-state index contributed by atoms with van der Waals surface area (Å²) in [6, 6.07) is 5.65. The van der Waals surface area contributed by atoms with Crippen molar-refractivity contribution >= 4 is 11.3 Å². The van der Waals surface area contributed by atoms with Crippen LogP contribution < -0.4 is 15.2 Å². The lowest BCUT2D eigenvalue weighted by atomic mass is 10.2. The number of aryl methyl sites for hydroxylation is 1. The zero-order valence-electron chi connectivity index (χ0n) is 10.5. The third kappa shape index (κ3) is 3.00. The molecule has 18 heavy (non-hydrogen) atoms. The molecule has 0 atom stereocenters. The van der Waals surface area contributed by atoms with Gasteiger partial charge in [-0.05, 0) is 25.1 Å². The number of hydrogen-bond acceptors (Lipinski definition) is 5. The molecule has 0 aliphatic heterocycles. The molecular weight excluding hydrogens is 248 g/mol. The highest BCUT2D eigenvalue weighted by atomic mass is 32.1. The van der Waals surface area contributed by atoms with E-state index in [2.05, 4.69) is 4.98 Å². The van der Waals surface area contributed by atoms with Crippen LogP contribution in [0.15, 0.2) is 24.4 Å². The number of thiazole rings is 1. The maximum Gasteiger partial charge on any atom is 0.124 e. The van der Waals surface area contributed by atoms with Gasteiger partial charge in [-0.2, -0.15) is 0 Å². The summed E-state index contributed by atoms with van der Waals surface area (Å²) in [5.41, 5.74) is 6.64. The van der Waals surface area contributed by atoms with Gasteiger partial charge in [-0.3, -0.25) is 0 Å². The van der Waals surface area contributed by atoms with Gasteiger partial charge in [0.15, 0.2) is 0 Å². The molecule has 0 aliphatic rings. The molecule has 0 amide bonds. The third-order valence-electron chi connectivity index (χ3n) is 2.53. The van der Waals surface area contributed by atoms with Crippen LogP contribution in [0.25, 0.3) is 0 Å². The Kier molecular flexibility index (Phi) is 4.17. The highest BCUT2D eigenvalue weighted by molar-refractivity contribution is 7.11. The van der Waals surface area contributed by atoms with Crippen LogP contribution in [-0.4, -0.2) is 12.1 Å². The summed E-state index contributed by atoms with van der Waals surface area (Å²) >= 11 is 1.64. The maximum absolute atomic E-state index is 5.76. The Balaban J connectivity index is 2.08. The highest BCUT2D eigenvalue weighted by Gasteiger charge is 2.06. The minimum atomic E-state index is 0.425. The Morgan fingerprint density at radius 3 is 2.83 bits per heavy atom. The summed E-state index contributed by atoms with van der Waals surface area (Å²) in [4.78, 5) is 5.30. The Hall–Kier alpha value is -1.59. The summed E-state index contributed by atoms with van der Waals surface area (Å²) in [6.07, 6.45) is 1.84. The molecule has 1 aromatic carbocycles. The molecule has 2 aromatic rings. The fraction of sp³-hybridized carbons (Fsp3) is 0.308. The molecule has 1 heterocycles. The van der Waals surface area contributed by atoms with Gasteiger partial charge >= 0.3 is 0 Å². The van der Waals surface area contributed by atoms with Gasteiger partial charge in [-0.25, -0.2) is 4.98 Å². The van der Waals surface area contributed by atoms with E-state index in [0.29, 0.717) is 13.2 Å². The van der Waals surface area contributed by atoms with Gasteiger partial charge in [0.1, 0.15) is 18.1 Å². The molecule has 2 rings (SSSR count). The molecule has 0 radical (unpaired) electrons. The Morgan fingerprint density at radius 2 is 2.22 bits per heavy atom. The van der Waals surface area contributed by atoms with Gasteiger partial charge in [0.25, 0.3) is 0 Å². The fourth-order valence-electron chi connectivity index (χ4n) is 1.60. The van der Waals surface area contributed by atoms with Crippen molar-refractivity contribution in [3.63, 3.8) is 0 Å². The quantitative estimate of drug-likeness (QED) is 0.901. The predicted molar refractivity (Wildman–Crippen MR) is 72.1 cm³/mol. The average Bonchev–Trinajstić information content (AvgIpc) is 2.82. The lowest BCUT2D eigenvalue weighted by molar-refractivity contribution is 0.305. The molecule has 4 nitrogen and oxygen atoms in total. The second-order valence-corrected chi connectivity index (χ2v) is 5.13. The van der Waals surface area contributed by atoms with Gasteiger partial charge in [0.05, 0.1) is 17.0 Å². The molecule has 0 unspecified atom stereocenters. The zero-order chi connectivity index (χ0) is 13.0. The van der Waals surface area contributed by atoms with Crippen molar-refractivity contribution in [2.45, 2.75) is 20.1 Å². The van der Waals surface area contributed by atoms with Crippen LogP contribution >= 0.6 is 11.3 Å². The van der Waals surface area contributed by atoms with Crippen molar-refractivity contribution in [2.75, 3.05) is 7.11 Å². The number of rotatable bonds is 5. The van der Waals surface area contributed by atoms with E-state index in [1.165, 1.54) is 0 Å². The molecule has 1 aromatic heterocycles. The Morgan fingerprint density at radius 1 is 1.39 bits per heavy atom. The van der Waals surface area contributed by atoms with E-state index in [4.69, 9.17) is 15.2 Å². The minimum absolute atomic E-state index is 0.425. The van der Waals surface area contributed by atoms with E-state index >= 15 is 0 Å². The van der Waals surface area contributed by atoms with Gasteiger partial charge in [0.2, 0.25) is 0 Å². The van der Waals surface area contributed by atoms with Crippen molar-refractivity contribution in [3.05, 3.63) is 39.8 Å². The van der Waals surface area contributed by atoms with E-state index < -0.39 is 0 Å². The van der Waals surface area contributed by atoms with E-state index in [0.717, 1.165) is 26.9 Å². The van der Waals surface area contributed by atoms with E-state index in [-0.39, 0.29) is 0 Å². The first-order valence-corrected chi connectivity index (χ1v) is 6.45. The SMILES string of the molecule is COc1ccc(OCc2cnc(C)s2)c(CN)c1. The summed E-state index contributed by atoms with van der Waals surface area (Å²) in [5.74, 6) is 1.58. The number of ether oxygens (including phenoxy) is 2. The molecule has 2 N–H and O–H groups in total. The second kappa shape index (κ2) is 5.84. The van der Waals surface area contributed by atoms with Crippen molar-refractivity contribution < 1.29 is 9.47 Å². The topological polar surface area (TPSA) is 57.4 Å². The number of nitrogens with zero attached hydrogens (tertiary/aromatic N) is 1. The molecule has 0 bridgehead atoms. The summed E-state index contributed by atoms with van der Waals surface area (Å²) in [7, 11) is 1.64. The lowest BCUT2D eigenvalue weighted by Gasteiger charge is -2.10. The second-order valence-electron chi connectivity index (χ2n) is 3.81. The van der Waals surface area contributed by atoms with Gasteiger partial charge in [-0.15, -0.1) is 11.3 Å². The summed E-state index contributed by atoms with van der Waals surface area (Å²) in [5, 5.41) is 1.04. The molecule has 96 valence electrons. The van der Waals surface area contributed by atoms with Crippen LogP contribution in [0.4, 0.5) is 0 Å². The third-order valence-corrected chi connectivity index (χ3v) is 3.41. The van der Waals surface area contributed by atoms with Crippen LogP contribution in [0.3, 0.4) is 0 Å². The molecule has 5 heteroatoms. The predicted octanol–water partition coefficient (Wildman–Crippen LogP) is 2.50. The largest absolute Gasteiger partial charge is 0.497 e. The fourth-order valence-corrected chi connectivity index (χ4v) is 2.31. The average molecular weight is 264 g/mol. The molecule has 0 aliphatic carbocycles. The molecule has 0 spiro atoms. The van der Waals surface area contributed by atoms with E-state index in [1.807, 2.05) is 31.3 Å². The minimum Gasteiger partial charge on any atom is -0.497 e. The first-order valence-electron chi connectivity index (χ1n) is 5.64. The Bertz CT molecular complexity index is 525. The van der Waals surface area contributed by atoms with Crippen LogP contribution in [0.2, 0.25) is 0 Å². The maximum atomic E-state index is 5.76. The van der Waals surface area contributed by atoms with E-state index in [1.54, 1.807) is 18.4 Å². The van der Waals surface area contributed by atoms with E-state index in [9.17, 15) is 0 Å². The summed E-state index contributed by atoms with van der Waals surface area (Å²) in [6.45, 7) is 2.92. The van der Waals surface area contributed by atoms with Crippen molar-refractivity contribution in [2.24, 2.45) is 5.73 Å². The smallest absolute Gasteiger partial charge is 0.124 e. The molecular formula is C13H16N2O2S. The molecule has 0 fully saturated rings.